The van der Waals surface area contributed by atoms with Crippen molar-refractivity contribution in [2.75, 3.05) is 12.0 Å². The Hall–Kier alpha value is -3.64. The predicted molar refractivity (Wildman–Crippen MR) is 131 cm³/mol. The van der Waals surface area contributed by atoms with Crippen molar-refractivity contribution in [2.24, 2.45) is 0 Å². The number of thiocarbonyl (C=S) groups is 1. The fourth-order valence-corrected chi connectivity index (χ4v) is 4.62. The van der Waals surface area contributed by atoms with Crippen molar-refractivity contribution in [1.29, 1.82) is 0 Å². The van der Waals surface area contributed by atoms with Crippen molar-refractivity contribution in [2.45, 2.75) is 19.0 Å². The van der Waals surface area contributed by atoms with E-state index in [4.69, 9.17) is 17.0 Å². The van der Waals surface area contributed by atoms with Gasteiger partial charge in [0.25, 0.3) is 0 Å². The molecule has 4 aromatic rings. The van der Waals surface area contributed by atoms with Crippen molar-refractivity contribution < 1.29 is 4.74 Å². The Morgan fingerprint density at radius 1 is 0.938 bits per heavy atom. The molecule has 2 aromatic heterocycles. The minimum atomic E-state index is -0.0933. The van der Waals surface area contributed by atoms with Gasteiger partial charge in [0.15, 0.2) is 5.11 Å². The van der Waals surface area contributed by atoms with Crippen molar-refractivity contribution in [1.82, 2.24) is 14.9 Å². The molecule has 0 spiro atoms. The van der Waals surface area contributed by atoms with E-state index in [9.17, 15) is 0 Å². The number of nitrogens with one attached hydrogen (secondary N) is 1. The van der Waals surface area contributed by atoms with Crippen LogP contribution in [0.5, 0.6) is 5.75 Å². The van der Waals surface area contributed by atoms with E-state index < -0.39 is 0 Å². The Morgan fingerprint density at radius 2 is 1.78 bits per heavy atom. The van der Waals surface area contributed by atoms with Crippen molar-refractivity contribution in [3.05, 3.63) is 108 Å². The van der Waals surface area contributed by atoms with Gasteiger partial charge in [-0.15, -0.1) is 0 Å². The summed E-state index contributed by atoms with van der Waals surface area (Å²) in [7, 11) is 1.69. The normalized spacial score (nSPS) is 17.9. The van der Waals surface area contributed by atoms with E-state index in [1.165, 1.54) is 5.56 Å². The summed E-state index contributed by atoms with van der Waals surface area (Å²) in [6, 6.07) is 26.6. The van der Waals surface area contributed by atoms with Crippen molar-refractivity contribution >= 4 is 23.0 Å². The molecule has 6 heteroatoms. The van der Waals surface area contributed by atoms with Crippen LogP contribution in [-0.4, -0.2) is 21.8 Å². The van der Waals surface area contributed by atoms with E-state index in [-0.39, 0.29) is 12.1 Å². The maximum atomic E-state index is 5.84. The second-order valence-electron chi connectivity index (χ2n) is 7.84. The van der Waals surface area contributed by atoms with Crippen LogP contribution in [0.1, 0.15) is 29.0 Å². The van der Waals surface area contributed by atoms with Crippen molar-refractivity contribution in [3.8, 4) is 11.4 Å². The molecule has 1 fully saturated rings. The number of ether oxygens (including phenoxy) is 1. The average molecular weight is 441 g/mol. The summed E-state index contributed by atoms with van der Waals surface area (Å²) < 4.78 is 7.65. The van der Waals surface area contributed by atoms with E-state index in [2.05, 4.69) is 75.4 Å². The third-order valence-electron chi connectivity index (χ3n) is 5.83. The molecule has 0 saturated carbocycles. The minimum absolute atomic E-state index is 0.0821. The number of anilines is 1. The zero-order valence-corrected chi connectivity index (χ0v) is 18.8. The monoisotopic (exact) mass is 440 g/mol. The van der Waals surface area contributed by atoms with Crippen LogP contribution in [0.4, 0.5) is 5.69 Å². The molecule has 3 heterocycles. The molecule has 32 heavy (non-hydrogen) atoms. The quantitative estimate of drug-likeness (QED) is 0.423. The van der Waals surface area contributed by atoms with Gasteiger partial charge in [0.2, 0.25) is 0 Å². The lowest BCUT2D eigenvalue weighted by molar-refractivity contribution is 0.414. The maximum Gasteiger partial charge on any atom is 0.174 e. The van der Waals surface area contributed by atoms with Gasteiger partial charge in [-0.05, 0) is 67.7 Å². The molecule has 1 N–H and O–H groups in total. The molecule has 0 aliphatic carbocycles. The molecular formula is C26H24N4OS. The van der Waals surface area contributed by atoms with Crippen LogP contribution in [0.15, 0.2) is 91.3 Å². The zero-order valence-electron chi connectivity index (χ0n) is 18.0. The van der Waals surface area contributed by atoms with E-state index in [1.54, 1.807) is 7.11 Å². The Labute approximate surface area is 193 Å². The van der Waals surface area contributed by atoms with Gasteiger partial charge in [-0.25, -0.2) is 0 Å². The van der Waals surface area contributed by atoms with Crippen LogP contribution in [0.3, 0.4) is 0 Å². The Kier molecular flexibility index (Phi) is 5.37. The van der Waals surface area contributed by atoms with Gasteiger partial charge in [0.1, 0.15) is 11.8 Å². The molecule has 1 aliphatic rings. The van der Waals surface area contributed by atoms with E-state index in [0.29, 0.717) is 5.11 Å². The first kappa shape index (κ1) is 20.3. The highest BCUT2D eigenvalue weighted by atomic mass is 32.1. The van der Waals surface area contributed by atoms with Crippen LogP contribution >= 0.6 is 12.2 Å². The molecular weight excluding hydrogens is 416 g/mol. The first-order chi connectivity index (χ1) is 15.7. The summed E-state index contributed by atoms with van der Waals surface area (Å²) in [6.07, 6.45) is 3.90. The van der Waals surface area contributed by atoms with Gasteiger partial charge >= 0.3 is 0 Å². The Balaban J connectivity index is 1.66. The number of hydrogen-bond acceptors (Lipinski definition) is 3. The SMILES string of the molecule is COc1cccc(-n2cccc2C2C(c3ccccn3)NC(=S)N2c2ccc(C)cc2)c1. The van der Waals surface area contributed by atoms with Crippen LogP contribution in [0, 0.1) is 6.92 Å². The largest absolute Gasteiger partial charge is 0.497 e. The Bertz CT molecular complexity index is 1240. The van der Waals surface area contributed by atoms with E-state index in [1.807, 2.05) is 42.6 Å². The third-order valence-corrected chi connectivity index (χ3v) is 6.14. The molecule has 5 rings (SSSR count). The Morgan fingerprint density at radius 3 is 2.53 bits per heavy atom. The van der Waals surface area contributed by atoms with E-state index in [0.717, 1.165) is 28.5 Å². The number of aromatic nitrogens is 2. The van der Waals surface area contributed by atoms with E-state index >= 15 is 0 Å². The number of benzene rings is 2. The predicted octanol–water partition coefficient (Wildman–Crippen LogP) is 5.37. The summed E-state index contributed by atoms with van der Waals surface area (Å²) >= 11 is 5.84. The number of aryl methyl sites for hydroxylation is 1. The summed E-state index contributed by atoms with van der Waals surface area (Å²) in [6.45, 7) is 2.09. The molecule has 0 bridgehead atoms. The summed E-state index contributed by atoms with van der Waals surface area (Å²) in [4.78, 5) is 6.84. The first-order valence-electron chi connectivity index (χ1n) is 10.5. The number of pyridine rings is 1. The smallest absolute Gasteiger partial charge is 0.174 e. The maximum absolute atomic E-state index is 5.84. The fraction of sp³-hybridized carbons (Fsp3) is 0.154. The molecule has 0 radical (unpaired) electrons. The van der Waals surface area contributed by atoms with Crippen LogP contribution < -0.4 is 15.0 Å². The molecule has 2 aromatic carbocycles. The molecule has 160 valence electrons. The zero-order chi connectivity index (χ0) is 22.1. The molecule has 1 saturated heterocycles. The van der Waals surface area contributed by atoms with Gasteiger partial charge in [0.05, 0.1) is 18.8 Å². The minimum Gasteiger partial charge on any atom is -0.497 e. The second kappa shape index (κ2) is 8.48. The van der Waals surface area contributed by atoms with Gasteiger partial charge in [0, 0.05) is 35.5 Å². The van der Waals surface area contributed by atoms with Crippen LogP contribution in [0.2, 0.25) is 0 Å². The van der Waals surface area contributed by atoms with Gasteiger partial charge < -0.3 is 19.5 Å². The number of hydrogen-bond donors (Lipinski definition) is 1. The van der Waals surface area contributed by atoms with Crippen molar-refractivity contribution in [3.63, 3.8) is 0 Å². The van der Waals surface area contributed by atoms with Gasteiger partial charge in [-0.2, -0.15) is 0 Å². The molecule has 0 amide bonds. The van der Waals surface area contributed by atoms with Crippen LogP contribution in [0.25, 0.3) is 5.69 Å². The number of nitrogens with zero attached hydrogens (tertiary/aromatic N) is 3. The van der Waals surface area contributed by atoms with Crippen LogP contribution in [-0.2, 0) is 0 Å². The molecule has 1 aliphatic heterocycles. The summed E-state index contributed by atoms with van der Waals surface area (Å²) in [5.41, 5.74) is 5.36. The average Bonchev–Trinajstić information content (AvgIpc) is 3.44. The lowest BCUT2D eigenvalue weighted by Gasteiger charge is -2.29. The second-order valence-corrected chi connectivity index (χ2v) is 8.22. The number of methoxy groups -OCH3 is 1. The highest BCUT2D eigenvalue weighted by molar-refractivity contribution is 7.80. The summed E-state index contributed by atoms with van der Waals surface area (Å²) in [5.74, 6) is 0.818. The van der Waals surface area contributed by atoms with Gasteiger partial charge in [-0.3, -0.25) is 4.98 Å². The summed E-state index contributed by atoms with van der Waals surface area (Å²) in [5, 5.41) is 4.22. The standard InChI is InChI=1S/C26H24N4OS/c1-18-11-13-19(14-12-18)30-25(24(28-26(30)32)22-9-3-4-15-27-22)23-10-6-16-29(23)20-7-5-8-21(17-20)31-2/h3-17,24-25H,1-2H3,(H,28,32). The lowest BCUT2D eigenvalue weighted by atomic mass is 10.0. The number of rotatable bonds is 5. The molecule has 2 unspecified atom stereocenters. The fourth-order valence-electron chi connectivity index (χ4n) is 4.27. The molecule has 5 nitrogen and oxygen atoms in total. The first-order valence-corrected chi connectivity index (χ1v) is 11.0. The lowest BCUT2D eigenvalue weighted by Crippen LogP contribution is -2.30. The topological polar surface area (TPSA) is 42.3 Å². The third kappa shape index (κ3) is 3.63. The molecule has 2 atom stereocenters. The van der Waals surface area contributed by atoms with Gasteiger partial charge in [-0.1, -0.05) is 29.8 Å². The highest BCUT2D eigenvalue weighted by Crippen LogP contribution is 2.42. The highest BCUT2D eigenvalue weighted by Gasteiger charge is 2.42.